The van der Waals surface area contributed by atoms with Crippen LogP contribution < -0.4 is 5.73 Å². The van der Waals surface area contributed by atoms with Crippen LogP contribution in [0.1, 0.15) is 17.2 Å². The molecule has 19 heavy (non-hydrogen) atoms. The number of hydrogen-bond acceptors (Lipinski definition) is 4. The van der Waals surface area contributed by atoms with Gasteiger partial charge >= 0.3 is 0 Å². The van der Waals surface area contributed by atoms with Crippen LogP contribution in [0.5, 0.6) is 11.5 Å². The van der Waals surface area contributed by atoms with Crippen LogP contribution in [0, 0.1) is 0 Å². The van der Waals surface area contributed by atoms with Crippen LogP contribution >= 0.6 is 0 Å². The molecule has 0 fully saturated rings. The lowest BCUT2D eigenvalue weighted by atomic mass is 9.96. The van der Waals surface area contributed by atoms with Gasteiger partial charge in [-0.05, 0) is 23.3 Å². The number of hydrogen-bond donors (Lipinski definition) is 4. The van der Waals surface area contributed by atoms with E-state index in [2.05, 4.69) is 0 Å². The molecule has 2 atom stereocenters. The van der Waals surface area contributed by atoms with Gasteiger partial charge < -0.3 is 21.1 Å². The number of aliphatic hydroxyl groups excluding tert-OH is 1. The van der Waals surface area contributed by atoms with E-state index in [1.54, 1.807) is 0 Å². The Bertz CT molecular complexity index is 522. The minimum absolute atomic E-state index is 0.0719. The van der Waals surface area contributed by atoms with Crippen molar-refractivity contribution in [2.75, 3.05) is 0 Å². The topological polar surface area (TPSA) is 86.7 Å². The quantitative estimate of drug-likeness (QED) is 0.673. The van der Waals surface area contributed by atoms with Crippen molar-refractivity contribution in [2.45, 2.75) is 18.6 Å². The molecule has 2 aromatic rings. The smallest absolute Gasteiger partial charge is 0.119 e. The maximum atomic E-state index is 10.1. The van der Waals surface area contributed by atoms with E-state index in [9.17, 15) is 15.3 Å². The molecule has 2 aromatic carbocycles. The maximum Gasteiger partial charge on any atom is 0.119 e. The van der Waals surface area contributed by atoms with Crippen LogP contribution in [-0.4, -0.2) is 21.4 Å². The van der Waals surface area contributed by atoms with Gasteiger partial charge in [0.2, 0.25) is 0 Å². The minimum atomic E-state index is -0.788. The lowest BCUT2D eigenvalue weighted by Gasteiger charge is -2.19. The van der Waals surface area contributed by atoms with Gasteiger partial charge in [-0.1, -0.05) is 30.3 Å². The average molecular weight is 259 g/mol. The molecule has 0 aromatic heterocycles. The largest absolute Gasteiger partial charge is 0.508 e. The van der Waals surface area contributed by atoms with Gasteiger partial charge in [0.05, 0.1) is 12.1 Å². The summed E-state index contributed by atoms with van der Waals surface area (Å²) in [5, 5.41) is 29.0. The minimum Gasteiger partial charge on any atom is -0.508 e. The molecule has 0 bridgehead atoms. The van der Waals surface area contributed by atoms with E-state index in [1.165, 1.54) is 18.2 Å². The summed E-state index contributed by atoms with van der Waals surface area (Å²) in [7, 11) is 0. The third kappa shape index (κ3) is 3.47. The van der Waals surface area contributed by atoms with E-state index in [1.807, 2.05) is 30.3 Å². The van der Waals surface area contributed by atoms with Crippen LogP contribution in [0.15, 0.2) is 48.5 Å². The third-order valence-electron chi connectivity index (χ3n) is 3.01. The van der Waals surface area contributed by atoms with Gasteiger partial charge in [0.1, 0.15) is 11.5 Å². The summed E-state index contributed by atoms with van der Waals surface area (Å²) in [5.74, 6) is -0.144. The number of rotatable bonds is 4. The number of phenols is 2. The second kappa shape index (κ2) is 5.73. The summed E-state index contributed by atoms with van der Waals surface area (Å²) < 4.78 is 0. The average Bonchev–Trinajstić information content (AvgIpc) is 2.37. The fourth-order valence-corrected chi connectivity index (χ4v) is 2.02. The Hall–Kier alpha value is -2.04. The molecule has 2 rings (SSSR count). The van der Waals surface area contributed by atoms with Crippen molar-refractivity contribution in [1.82, 2.24) is 0 Å². The van der Waals surface area contributed by atoms with Gasteiger partial charge in [-0.2, -0.15) is 0 Å². The first-order valence-electron chi connectivity index (χ1n) is 6.07. The molecular formula is C15H17NO3. The molecule has 0 saturated carbocycles. The van der Waals surface area contributed by atoms with Crippen LogP contribution in [0.25, 0.3) is 0 Å². The first-order chi connectivity index (χ1) is 9.06. The molecule has 5 N–H and O–H groups in total. The monoisotopic (exact) mass is 259 g/mol. The van der Waals surface area contributed by atoms with Crippen LogP contribution in [0.2, 0.25) is 0 Å². The van der Waals surface area contributed by atoms with Crippen molar-refractivity contribution >= 4 is 0 Å². The number of aliphatic hydroxyl groups is 1. The number of phenolic OH excluding ortho intramolecular Hbond substituents is 2. The highest BCUT2D eigenvalue weighted by Crippen LogP contribution is 2.26. The standard InChI is InChI=1S/C15H17NO3/c16-15(11-7-12(17)9-13(18)8-11)14(19)6-10-4-2-1-3-5-10/h1-5,7-9,14-15,17-19H,6,16H2/t14-,15+/m1/s1. The zero-order valence-electron chi connectivity index (χ0n) is 10.4. The van der Waals surface area contributed by atoms with Gasteiger partial charge in [0.25, 0.3) is 0 Å². The first-order valence-corrected chi connectivity index (χ1v) is 6.07. The van der Waals surface area contributed by atoms with Crippen molar-refractivity contribution in [3.8, 4) is 11.5 Å². The van der Waals surface area contributed by atoms with Crippen molar-refractivity contribution in [3.63, 3.8) is 0 Å². The number of aromatic hydroxyl groups is 2. The number of nitrogens with two attached hydrogens (primary N) is 1. The van der Waals surface area contributed by atoms with Crippen LogP contribution in [0.4, 0.5) is 0 Å². The van der Waals surface area contributed by atoms with Gasteiger partial charge in [-0.3, -0.25) is 0 Å². The van der Waals surface area contributed by atoms with E-state index in [-0.39, 0.29) is 11.5 Å². The van der Waals surface area contributed by atoms with E-state index in [0.717, 1.165) is 5.56 Å². The van der Waals surface area contributed by atoms with Gasteiger partial charge in [0, 0.05) is 12.5 Å². The molecule has 100 valence electrons. The Kier molecular flexibility index (Phi) is 4.04. The molecule has 0 heterocycles. The van der Waals surface area contributed by atoms with Crippen molar-refractivity contribution < 1.29 is 15.3 Å². The van der Waals surface area contributed by atoms with E-state index < -0.39 is 12.1 Å². The molecule has 0 aliphatic heterocycles. The van der Waals surface area contributed by atoms with Crippen molar-refractivity contribution in [2.24, 2.45) is 5.73 Å². The molecular weight excluding hydrogens is 242 g/mol. The summed E-state index contributed by atoms with van der Waals surface area (Å²) in [6.07, 6.45) is -0.373. The van der Waals surface area contributed by atoms with E-state index >= 15 is 0 Å². The highest BCUT2D eigenvalue weighted by molar-refractivity contribution is 5.38. The summed E-state index contributed by atoms with van der Waals surface area (Å²) in [5.41, 5.74) is 7.43. The Balaban J connectivity index is 2.12. The van der Waals surface area contributed by atoms with Gasteiger partial charge in [0.15, 0.2) is 0 Å². The maximum absolute atomic E-state index is 10.1. The predicted octanol–water partition coefficient (Wildman–Crippen LogP) is 1.70. The third-order valence-corrected chi connectivity index (χ3v) is 3.01. The lowest BCUT2D eigenvalue weighted by molar-refractivity contribution is 0.145. The van der Waals surface area contributed by atoms with Crippen LogP contribution in [0.3, 0.4) is 0 Å². The molecule has 0 saturated heterocycles. The predicted molar refractivity (Wildman–Crippen MR) is 72.9 cm³/mol. The summed E-state index contributed by atoms with van der Waals surface area (Å²) in [4.78, 5) is 0. The van der Waals surface area contributed by atoms with E-state index in [4.69, 9.17) is 5.73 Å². The first kappa shape index (κ1) is 13.4. The second-order valence-corrected chi connectivity index (χ2v) is 4.57. The Morgan fingerprint density at radius 3 is 2.11 bits per heavy atom. The van der Waals surface area contributed by atoms with Gasteiger partial charge in [-0.25, -0.2) is 0 Å². The summed E-state index contributed by atoms with van der Waals surface area (Å²) in [6, 6.07) is 13.0. The Labute approximate surface area is 111 Å². The molecule has 0 spiro atoms. The van der Waals surface area contributed by atoms with Crippen molar-refractivity contribution in [3.05, 3.63) is 59.7 Å². The van der Waals surface area contributed by atoms with Crippen LogP contribution in [-0.2, 0) is 6.42 Å². The zero-order chi connectivity index (χ0) is 13.8. The molecule has 0 unspecified atom stereocenters. The number of benzene rings is 2. The fourth-order valence-electron chi connectivity index (χ4n) is 2.02. The highest BCUT2D eigenvalue weighted by atomic mass is 16.3. The van der Waals surface area contributed by atoms with Gasteiger partial charge in [-0.15, -0.1) is 0 Å². The molecule has 4 nitrogen and oxygen atoms in total. The van der Waals surface area contributed by atoms with Crippen molar-refractivity contribution in [1.29, 1.82) is 0 Å². The summed E-state index contributed by atoms with van der Waals surface area (Å²) in [6.45, 7) is 0. The Morgan fingerprint density at radius 2 is 1.53 bits per heavy atom. The second-order valence-electron chi connectivity index (χ2n) is 4.57. The lowest BCUT2D eigenvalue weighted by Crippen LogP contribution is -2.28. The molecule has 0 aliphatic carbocycles. The summed E-state index contributed by atoms with van der Waals surface area (Å²) >= 11 is 0. The Morgan fingerprint density at radius 1 is 0.947 bits per heavy atom. The highest BCUT2D eigenvalue weighted by Gasteiger charge is 2.18. The molecule has 0 aliphatic rings. The fraction of sp³-hybridized carbons (Fsp3) is 0.200. The molecule has 4 heteroatoms. The molecule has 0 radical (unpaired) electrons. The normalized spacial score (nSPS) is 14.0. The SMILES string of the molecule is N[C@@H](c1cc(O)cc(O)c1)[C@H](O)Cc1ccccc1. The van der Waals surface area contributed by atoms with E-state index in [0.29, 0.717) is 12.0 Å². The zero-order valence-corrected chi connectivity index (χ0v) is 10.4. The molecule has 0 amide bonds.